The maximum Gasteiger partial charge on any atom is 0.320 e. The number of para-hydroxylation sites is 1. The van der Waals surface area contributed by atoms with Crippen LogP contribution in [0.5, 0.6) is 0 Å². The number of nitrogens with zero attached hydrogens (tertiary/aromatic N) is 3. The first-order valence-electron chi connectivity index (χ1n) is 9.34. The molecular weight excluding hydrogens is 356 g/mol. The minimum absolute atomic E-state index is 0.0325. The van der Waals surface area contributed by atoms with Crippen LogP contribution >= 0.6 is 0 Å². The van der Waals surface area contributed by atoms with Gasteiger partial charge in [0.1, 0.15) is 6.61 Å². The number of carbonyl (C=O) groups is 1. The average molecular weight is 378 g/mol. The quantitative estimate of drug-likeness (QED) is 0.725. The van der Waals surface area contributed by atoms with Crippen LogP contribution in [0.2, 0.25) is 0 Å². The van der Waals surface area contributed by atoms with Gasteiger partial charge in [0.05, 0.1) is 11.4 Å². The van der Waals surface area contributed by atoms with Crippen molar-refractivity contribution in [3.05, 3.63) is 59.5 Å². The summed E-state index contributed by atoms with van der Waals surface area (Å²) < 4.78 is 10.8. The first-order chi connectivity index (χ1) is 13.7. The van der Waals surface area contributed by atoms with Crippen LogP contribution in [0.4, 0.5) is 23.1 Å². The Balaban J connectivity index is 1.75. The highest BCUT2D eigenvalue weighted by atomic mass is 16.5. The number of amides is 1. The molecule has 4 rings (SSSR count). The fourth-order valence-corrected chi connectivity index (χ4v) is 3.39. The van der Waals surface area contributed by atoms with Gasteiger partial charge in [-0.25, -0.2) is 0 Å². The van der Waals surface area contributed by atoms with E-state index in [1.807, 2.05) is 43.3 Å². The Morgan fingerprint density at radius 3 is 2.68 bits per heavy atom. The van der Waals surface area contributed by atoms with E-state index < -0.39 is 0 Å². The maximum absolute atomic E-state index is 13.0. The van der Waals surface area contributed by atoms with Gasteiger partial charge in [-0.3, -0.25) is 9.69 Å². The predicted octanol–water partition coefficient (Wildman–Crippen LogP) is 3.92. The van der Waals surface area contributed by atoms with Crippen LogP contribution in [0.15, 0.2) is 46.9 Å². The standard InChI is InChI=1S/C21H22N4O3/c1-3-27-13-20(26)25-18-7-5-4-6-15(18)8-9-16-10-11-17(12-19(16)25)22-21-24-23-14(2)28-21/h4-7,10-12H,3,8-9,13H2,1-2H3,(H,22,24). The van der Waals surface area contributed by atoms with E-state index in [0.717, 1.165) is 41.0 Å². The Morgan fingerprint density at radius 1 is 1.14 bits per heavy atom. The van der Waals surface area contributed by atoms with Gasteiger partial charge in [-0.05, 0) is 49.1 Å². The molecule has 0 atom stereocenters. The molecule has 7 heteroatoms. The smallest absolute Gasteiger partial charge is 0.320 e. The third-order valence-corrected chi connectivity index (χ3v) is 4.68. The predicted molar refractivity (Wildman–Crippen MR) is 106 cm³/mol. The molecule has 0 spiro atoms. The highest BCUT2D eigenvalue weighted by Gasteiger charge is 2.26. The van der Waals surface area contributed by atoms with Crippen molar-refractivity contribution in [1.29, 1.82) is 0 Å². The van der Waals surface area contributed by atoms with Gasteiger partial charge < -0.3 is 14.5 Å². The molecular formula is C21H22N4O3. The van der Waals surface area contributed by atoms with Gasteiger partial charge in [-0.1, -0.05) is 29.4 Å². The molecule has 0 saturated heterocycles. The van der Waals surface area contributed by atoms with Crippen LogP contribution in [0.25, 0.3) is 0 Å². The molecule has 1 aliphatic heterocycles. The molecule has 0 aliphatic carbocycles. The summed E-state index contributed by atoms with van der Waals surface area (Å²) in [5, 5.41) is 10.9. The zero-order valence-electron chi connectivity index (χ0n) is 15.9. The molecule has 1 N–H and O–H groups in total. The Labute approximate surface area is 163 Å². The van der Waals surface area contributed by atoms with E-state index in [1.165, 1.54) is 0 Å². The van der Waals surface area contributed by atoms with E-state index in [-0.39, 0.29) is 12.5 Å². The van der Waals surface area contributed by atoms with E-state index in [1.54, 1.807) is 11.8 Å². The zero-order valence-corrected chi connectivity index (χ0v) is 15.9. The van der Waals surface area contributed by atoms with Gasteiger partial charge in [0.15, 0.2) is 0 Å². The summed E-state index contributed by atoms with van der Waals surface area (Å²) in [6.07, 6.45) is 1.72. The average Bonchev–Trinajstić information content (AvgIpc) is 3.03. The number of nitrogens with one attached hydrogen (secondary N) is 1. The lowest BCUT2D eigenvalue weighted by molar-refractivity contribution is -0.122. The second-order valence-electron chi connectivity index (χ2n) is 6.59. The second-order valence-corrected chi connectivity index (χ2v) is 6.59. The van der Waals surface area contributed by atoms with E-state index in [4.69, 9.17) is 9.15 Å². The van der Waals surface area contributed by atoms with Crippen molar-refractivity contribution < 1.29 is 13.9 Å². The molecule has 3 aromatic rings. The van der Waals surface area contributed by atoms with Crippen molar-refractivity contribution in [3.8, 4) is 0 Å². The number of aryl methyl sites for hydroxylation is 3. The second kappa shape index (κ2) is 7.82. The number of hydrogen-bond donors (Lipinski definition) is 1. The molecule has 2 aromatic carbocycles. The Morgan fingerprint density at radius 2 is 1.93 bits per heavy atom. The highest BCUT2D eigenvalue weighted by Crippen LogP contribution is 2.38. The molecule has 144 valence electrons. The molecule has 0 saturated carbocycles. The number of ether oxygens (including phenoxy) is 1. The van der Waals surface area contributed by atoms with Gasteiger partial charge in [-0.2, -0.15) is 0 Å². The van der Waals surface area contributed by atoms with Crippen LogP contribution in [0.1, 0.15) is 23.9 Å². The molecule has 0 bridgehead atoms. The number of carbonyl (C=O) groups excluding carboxylic acids is 1. The summed E-state index contributed by atoms with van der Waals surface area (Å²) in [4.78, 5) is 14.8. The van der Waals surface area contributed by atoms with Crippen molar-refractivity contribution in [2.24, 2.45) is 0 Å². The van der Waals surface area contributed by atoms with Crippen LogP contribution < -0.4 is 10.2 Å². The normalized spacial score (nSPS) is 12.9. The van der Waals surface area contributed by atoms with Gasteiger partial charge in [-0.15, -0.1) is 5.10 Å². The fraction of sp³-hybridized carbons (Fsp3) is 0.286. The zero-order chi connectivity index (χ0) is 19.5. The van der Waals surface area contributed by atoms with Gasteiger partial charge in [0.25, 0.3) is 5.91 Å². The monoisotopic (exact) mass is 378 g/mol. The first kappa shape index (κ1) is 18.2. The maximum atomic E-state index is 13.0. The number of anilines is 4. The van der Waals surface area contributed by atoms with Crippen LogP contribution in [-0.2, 0) is 22.4 Å². The van der Waals surface area contributed by atoms with Crippen LogP contribution in [-0.4, -0.2) is 29.3 Å². The Bertz CT molecular complexity index is 999. The van der Waals surface area contributed by atoms with E-state index >= 15 is 0 Å². The van der Waals surface area contributed by atoms with Crippen LogP contribution in [0, 0.1) is 6.92 Å². The summed E-state index contributed by atoms with van der Waals surface area (Å²) in [5.74, 6) is 0.392. The SMILES string of the molecule is CCOCC(=O)N1c2ccccc2CCc2ccc(Nc3nnc(C)o3)cc21. The number of benzene rings is 2. The molecule has 2 heterocycles. The first-order valence-corrected chi connectivity index (χ1v) is 9.34. The Kier molecular flexibility index (Phi) is 5.08. The van der Waals surface area contributed by atoms with Crippen molar-refractivity contribution in [2.75, 3.05) is 23.4 Å². The number of rotatable bonds is 5. The summed E-state index contributed by atoms with van der Waals surface area (Å²) in [7, 11) is 0. The van der Waals surface area contributed by atoms with Crippen molar-refractivity contribution in [3.63, 3.8) is 0 Å². The molecule has 1 amide bonds. The molecule has 1 aliphatic rings. The minimum atomic E-state index is -0.0942. The van der Waals surface area contributed by atoms with Gasteiger partial charge in [0.2, 0.25) is 5.89 Å². The molecule has 0 fully saturated rings. The summed E-state index contributed by atoms with van der Waals surface area (Å²) in [6.45, 7) is 4.14. The molecule has 7 nitrogen and oxygen atoms in total. The van der Waals surface area contributed by atoms with E-state index in [2.05, 4.69) is 21.6 Å². The van der Waals surface area contributed by atoms with E-state index in [0.29, 0.717) is 18.5 Å². The number of hydrogen-bond acceptors (Lipinski definition) is 6. The fourth-order valence-electron chi connectivity index (χ4n) is 3.39. The summed E-state index contributed by atoms with van der Waals surface area (Å²) in [5.41, 5.74) is 4.77. The minimum Gasteiger partial charge on any atom is -0.408 e. The summed E-state index contributed by atoms with van der Waals surface area (Å²) >= 11 is 0. The van der Waals surface area contributed by atoms with Gasteiger partial charge >= 0.3 is 6.01 Å². The van der Waals surface area contributed by atoms with E-state index in [9.17, 15) is 4.79 Å². The third kappa shape index (κ3) is 3.61. The lowest BCUT2D eigenvalue weighted by atomic mass is 10.0. The lowest BCUT2D eigenvalue weighted by Crippen LogP contribution is -2.30. The molecule has 1 aromatic heterocycles. The molecule has 28 heavy (non-hydrogen) atoms. The summed E-state index contributed by atoms with van der Waals surface area (Å²) in [6, 6.07) is 14.3. The largest absolute Gasteiger partial charge is 0.408 e. The third-order valence-electron chi connectivity index (χ3n) is 4.68. The molecule has 0 unspecified atom stereocenters. The molecule has 0 radical (unpaired) electrons. The highest BCUT2D eigenvalue weighted by molar-refractivity contribution is 6.03. The van der Waals surface area contributed by atoms with Crippen LogP contribution in [0.3, 0.4) is 0 Å². The van der Waals surface area contributed by atoms with Crippen molar-refractivity contribution in [2.45, 2.75) is 26.7 Å². The van der Waals surface area contributed by atoms with Gasteiger partial charge in [0, 0.05) is 19.2 Å². The van der Waals surface area contributed by atoms with Crippen molar-refractivity contribution in [1.82, 2.24) is 10.2 Å². The topological polar surface area (TPSA) is 80.5 Å². The lowest BCUT2D eigenvalue weighted by Gasteiger charge is -2.25. The van der Waals surface area contributed by atoms with Crippen molar-refractivity contribution >= 4 is 29.0 Å². The number of fused-ring (bicyclic) bond motifs is 2. The Hall–Kier alpha value is -3.19. The number of aromatic nitrogens is 2.